The first-order chi connectivity index (χ1) is 19.6. The maximum atomic E-state index is 12.7. The Morgan fingerprint density at radius 1 is 0.929 bits per heavy atom. The Morgan fingerprint density at radius 2 is 1.52 bits per heavy atom. The molecule has 224 valence electrons. The van der Waals surface area contributed by atoms with Crippen molar-refractivity contribution in [3.05, 3.63) is 79.9 Å². The Bertz CT molecular complexity index is 1430. The van der Waals surface area contributed by atoms with Crippen molar-refractivity contribution in [2.75, 3.05) is 14.2 Å². The van der Waals surface area contributed by atoms with E-state index in [1.165, 1.54) is 13.3 Å². The van der Waals surface area contributed by atoms with Crippen LogP contribution in [0.3, 0.4) is 0 Å². The summed E-state index contributed by atoms with van der Waals surface area (Å²) in [6, 6.07) is 14.0. The number of amides is 1. The third-order valence-electron chi connectivity index (χ3n) is 6.60. The third kappa shape index (κ3) is 8.47. The number of rotatable bonds is 9. The zero-order valence-corrected chi connectivity index (χ0v) is 27.6. The van der Waals surface area contributed by atoms with Gasteiger partial charge in [0.05, 0.1) is 29.6 Å². The van der Waals surface area contributed by atoms with Crippen molar-refractivity contribution in [1.29, 1.82) is 0 Å². The van der Waals surface area contributed by atoms with Gasteiger partial charge in [0.25, 0.3) is 0 Å². The van der Waals surface area contributed by atoms with E-state index < -0.39 is 5.97 Å². The van der Waals surface area contributed by atoms with Crippen LogP contribution in [-0.2, 0) is 22.0 Å². The van der Waals surface area contributed by atoms with Crippen LogP contribution >= 0.6 is 22.6 Å². The van der Waals surface area contributed by atoms with E-state index in [9.17, 15) is 14.7 Å². The van der Waals surface area contributed by atoms with Crippen LogP contribution in [0.25, 0.3) is 0 Å². The number of hydrogen-bond acceptors (Lipinski definition) is 7. The SMILES string of the molecule is COc1ccc(C(=O)Oc2c(I)cc(/C=N\NC(=O)CCc3cc(C(C)(C)C)c(O)c(C(C)(C)C)c3)cc2OC)cc1. The molecule has 1 amide bonds. The number of hydrazone groups is 1. The molecule has 0 aliphatic carbocycles. The molecule has 0 aromatic heterocycles. The molecule has 0 saturated heterocycles. The van der Waals surface area contributed by atoms with Crippen LogP contribution in [0, 0.1) is 3.57 Å². The molecule has 0 atom stereocenters. The average molecular weight is 687 g/mol. The quantitative estimate of drug-likeness (QED) is 0.0834. The maximum absolute atomic E-state index is 12.7. The fourth-order valence-electron chi connectivity index (χ4n) is 4.27. The van der Waals surface area contributed by atoms with Gasteiger partial charge < -0.3 is 19.3 Å². The smallest absolute Gasteiger partial charge is 0.343 e. The normalized spacial score (nSPS) is 11.8. The van der Waals surface area contributed by atoms with E-state index in [2.05, 4.69) is 74.7 Å². The second-order valence-corrected chi connectivity index (χ2v) is 13.1. The molecule has 0 radical (unpaired) electrons. The molecular formula is C33H39IN2O6. The molecule has 0 fully saturated rings. The van der Waals surface area contributed by atoms with Gasteiger partial charge in [-0.05, 0) is 98.5 Å². The molecule has 42 heavy (non-hydrogen) atoms. The van der Waals surface area contributed by atoms with E-state index in [0.29, 0.717) is 44.1 Å². The number of halogens is 1. The summed E-state index contributed by atoms with van der Waals surface area (Å²) in [4.78, 5) is 25.3. The Balaban J connectivity index is 1.67. The predicted molar refractivity (Wildman–Crippen MR) is 173 cm³/mol. The highest BCUT2D eigenvalue weighted by molar-refractivity contribution is 14.1. The molecule has 0 bridgehead atoms. The number of nitrogens with zero attached hydrogens (tertiary/aromatic N) is 1. The van der Waals surface area contributed by atoms with Gasteiger partial charge in [0, 0.05) is 6.42 Å². The van der Waals surface area contributed by atoms with E-state index in [4.69, 9.17) is 14.2 Å². The molecule has 0 aliphatic heterocycles. The van der Waals surface area contributed by atoms with Gasteiger partial charge in [0.15, 0.2) is 11.5 Å². The highest BCUT2D eigenvalue weighted by atomic mass is 127. The maximum Gasteiger partial charge on any atom is 0.343 e. The number of carbonyl (C=O) groups excluding carboxylic acids is 2. The molecule has 0 aliphatic rings. The number of nitrogens with one attached hydrogen (secondary N) is 1. The molecule has 0 unspecified atom stereocenters. The number of carbonyl (C=O) groups is 2. The number of phenolic OH excluding ortho intramolecular Hbond substituents is 1. The summed E-state index contributed by atoms with van der Waals surface area (Å²) >= 11 is 2.06. The summed E-state index contributed by atoms with van der Waals surface area (Å²) in [5.74, 6) is 0.839. The summed E-state index contributed by atoms with van der Waals surface area (Å²) in [5.41, 5.74) is 5.85. The molecule has 0 saturated carbocycles. The van der Waals surface area contributed by atoms with E-state index in [1.54, 1.807) is 43.5 Å². The van der Waals surface area contributed by atoms with Crippen molar-refractivity contribution >= 4 is 40.7 Å². The van der Waals surface area contributed by atoms with Crippen LogP contribution in [0.2, 0.25) is 0 Å². The topological polar surface area (TPSA) is 106 Å². The first-order valence-corrected chi connectivity index (χ1v) is 14.6. The number of methoxy groups -OCH3 is 2. The molecular weight excluding hydrogens is 647 g/mol. The number of esters is 1. The van der Waals surface area contributed by atoms with Crippen molar-refractivity contribution in [2.24, 2.45) is 5.10 Å². The lowest BCUT2D eigenvalue weighted by molar-refractivity contribution is -0.121. The summed E-state index contributed by atoms with van der Waals surface area (Å²) in [5, 5.41) is 15.0. The van der Waals surface area contributed by atoms with Gasteiger partial charge >= 0.3 is 5.97 Å². The highest BCUT2D eigenvalue weighted by Gasteiger charge is 2.26. The Morgan fingerprint density at radius 3 is 2.05 bits per heavy atom. The van der Waals surface area contributed by atoms with Gasteiger partial charge in [-0.15, -0.1) is 0 Å². The second kappa shape index (κ2) is 13.6. The van der Waals surface area contributed by atoms with E-state index in [-0.39, 0.29) is 23.2 Å². The van der Waals surface area contributed by atoms with Crippen molar-refractivity contribution < 1.29 is 28.9 Å². The van der Waals surface area contributed by atoms with Gasteiger partial charge in [-0.1, -0.05) is 53.7 Å². The van der Waals surface area contributed by atoms with Crippen LogP contribution in [0.1, 0.15) is 80.6 Å². The Kier molecular flexibility index (Phi) is 10.6. The van der Waals surface area contributed by atoms with Gasteiger partial charge in [0.1, 0.15) is 11.5 Å². The number of aryl methyl sites for hydroxylation is 1. The van der Waals surface area contributed by atoms with E-state index >= 15 is 0 Å². The minimum Gasteiger partial charge on any atom is -0.507 e. The van der Waals surface area contributed by atoms with Crippen molar-refractivity contribution in [3.63, 3.8) is 0 Å². The number of benzene rings is 3. The van der Waals surface area contributed by atoms with E-state index in [1.807, 2.05) is 12.1 Å². The predicted octanol–water partition coefficient (Wildman–Crippen LogP) is 6.91. The number of ether oxygens (including phenoxy) is 3. The monoisotopic (exact) mass is 686 g/mol. The van der Waals surface area contributed by atoms with Crippen LogP contribution in [-0.4, -0.2) is 37.4 Å². The van der Waals surface area contributed by atoms with Crippen molar-refractivity contribution in [1.82, 2.24) is 5.43 Å². The highest BCUT2D eigenvalue weighted by Crippen LogP contribution is 2.40. The summed E-state index contributed by atoms with van der Waals surface area (Å²) in [6.07, 6.45) is 2.25. The number of hydrogen-bond donors (Lipinski definition) is 2. The molecule has 2 N–H and O–H groups in total. The fourth-order valence-corrected chi connectivity index (χ4v) is 5.00. The lowest BCUT2D eigenvalue weighted by Crippen LogP contribution is -2.20. The second-order valence-electron chi connectivity index (χ2n) is 12.0. The zero-order valence-electron chi connectivity index (χ0n) is 25.4. The van der Waals surface area contributed by atoms with Crippen molar-refractivity contribution in [2.45, 2.75) is 65.2 Å². The summed E-state index contributed by atoms with van der Waals surface area (Å²) in [6.45, 7) is 12.4. The summed E-state index contributed by atoms with van der Waals surface area (Å²) in [7, 11) is 3.04. The van der Waals surface area contributed by atoms with Crippen molar-refractivity contribution in [3.8, 4) is 23.0 Å². The minimum absolute atomic E-state index is 0.233. The molecule has 0 heterocycles. The molecule has 0 spiro atoms. The Labute approximate surface area is 261 Å². The number of aromatic hydroxyl groups is 1. The van der Waals surface area contributed by atoms with Gasteiger partial charge in [0.2, 0.25) is 5.91 Å². The molecule has 8 nitrogen and oxygen atoms in total. The number of phenols is 1. The molecule has 3 rings (SSSR count). The summed E-state index contributed by atoms with van der Waals surface area (Å²) < 4.78 is 16.9. The molecule has 9 heteroatoms. The van der Waals surface area contributed by atoms with Crippen LogP contribution < -0.4 is 19.6 Å². The van der Waals surface area contributed by atoms with Crippen LogP contribution in [0.15, 0.2) is 53.6 Å². The van der Waals surface area contributed by atoms with Crippen LogP contribution in [0.4, 0.5) is 0 Å². The largest absolute Gasteiger partial charge is 0.507 e. The van der Waals surface area contributed by atoms with Gasteiger partial charge in [-0.25, -0.2) is 10.2 Å². The lowest BCUT2D eigenvalue weighted by Gasteiger charge is -2.28. The molecule has 3 aromatic carbocycles. The minimum atomic E-state index is -0.527. The first-order valence-electron chi connectivity index (χ1n) is 13.6. The average Bonchev–Trinajstić information content (AvgIpc) is 2.92. The van der Waals surface area contributed by atoms with E-state index in [0.717, 1.165) is 16.7 Å². The molecule has 3 aromatic rings. The van der Waals surface area contributed by atoms with Crippen LogP contribution in [0.5, 0.6) is 23.0 Å². The lowest BCUT2D eigenvalue weighted by atomic mass is 9.78. The zero-order chi connectivity index (χ0) is 31.2. The Hall–Kier alpha value is -3.60. The van der Waals surface area contributed by atoms with Gasteiger partial charge in [-0.3, -0.25) is 4.79 Å². The third-order valence-corrected chi connectivity index (χ3v) is 7.40. The van der Waals surface area contributed by atoms with Gasteiger partial charge in [-0.2, -0.15) is 5.10 Å². The first kappa shape index (κ1) is 32.9. The fraction of sp³-hybridized carbons (Fsp3) is 0.364. The standard InChI is InChI=1S/C33H39IN2O6/c1-32(2,3)24-15-20(16-25(29(24)38)33(4,5)6)9-14-28(37)36-35-19-21-17-26(34)30(27(18-21)41-8)42-31(39)22-10-12-23(40-7)13-11-22/h10-13,15-19,38H,9,14H2,1-8H3,(H,36,37)/b35-19-.